The zero-order chi connectivity index (χ0) is 16.1. The van der Waals surface area contributed by atoms with Gasteiger partial charge in [0.1, 0.15) is 6.61 Å². The quantitative estimate of drug-likeness (QED) is 0.642. The highest BCUT2D eigenvalue weighted by Gasteiger charge is 2.29. The van der Waals surface area contributed by atoms with E-state index in [0.717, 1.165) is 30.5 Å². The predicted octanol–water partition coefficient (Wildman–Crippen LogP) is 3.31. The first-order valence-corrected chi connectivity index (χ1v) is 7.75. The second-order valence-corrected chi connectivity index (χ2v) is 5.59. The number of hydrogen-bond acceptors (Lipinski definition) is 4. The summed E-state index contributed by atoms with van der Waals surface area (Å²) in [5.41, 5.74) is 2.38. The van der Waals surface area contributed by atoms with E-state index in [-0.39, 0.29) is 19.4 Å². The minimum absolute atomic E-state index is 0.106. The molecule has 0 bridgehead atoms. The number of ether oxygens (including phenoxy) is 1. The molecule has 1 aliphatic rings. The first kappa shape index (κ1) is 15.2. The molecule has 0 spiro atoms. The fraction of sp³-hybridized carbons (Fsp3) is 0.222. The molecule has 1 heterocycles. The number of hydrogen-bond donors (Lipinski definition) is 0. The molecule has 5 heteroatoms. The fourth-order valence-corrected chi connectivity index (χ4v) is 2.83. The summed E-state index contributed by atoms with van der Waals surface area (Å²) in [4.78, 5) is 14.3. The summed E-state index contributed by atoms with van der Waals surface area (Å²) in [5.74, 6) is 1.97. The largest absolute Gasteiger partial charge is 0.457 e. The minimum Gasteiger partial charge on any atom is -0.457 e. The van der Waals surface area contributed by atoms with Crippen molar-refractivity contribution >= 4 is 18.5 Å². The molecule has 1 fully saturated rings. The summed E-state index contributed by atoms with van der Waals surface area (Å²) in [7, 11) is 0. The fourth-order valence-electron chi connectivity index (χ4n) is 2.83. The molecule has 0 amide bonds. The van der Waals surface area contributed by atoms with Crippen LogP contribution < -0.4 is 4.81 Å². The molecule has 2 aromatic carbocycles. The van der Waals surface area contributed by atoms with Crippen LogP contribution in [0.1, 0.15) is 22.3 Å². The molecule has 0 N–H and O–H groups in total. The van der Waals surface area contributed by atoms with Crippen LogP contribution in [0.25, 0.3) is 0 Å². The number of rotatable bonds is 4. The Bertz CT molecular complexity index is 727. The van der Waals surface area contributed by atoms with Gasteiger partial charge in [-0.3, -0.25) is 0 Å². The highest BCUT2D eigenvalue weighted by molar-refractivity contribution is 6.71. The van der Waals surface area contributed by atoms with Gasteiger partial charge < -0.3 is 9.55 Å². The molecule has 0 atom stereocenters. The van der Waals surface area contributed by atoms with E-state index in [1.54, 1.807) is 6.07 Å². The van der Waals surface area contributed by atoms with Crippen molar-refractivity contribution in [3.63, 3.8) is 0 Å². The third-order valence-electron chi connectivity index (χ3n) is 4.03. The van der Waals surface area contributed by atoms with Gasteiger partial charge in [-0.05, 0) is 36.5 Å². The Hall–Kier alpha value is -2.74. The van der Waals surface area contributed by atoms with E-state index in [2.05, 4.69) is 5.97 Å². The van der Waals surface area contributed by atoms with Gasteiger partial charge in [0.25, 0.3) is 0 Å². The highest BCUT2D eigenvalue weighted by atomic mass is 16.5. The van der Waals surface area contributed by atoms with Crippen LogP contribution in [0.3, 0.4) is 0 Å². The number of anilines is 1. The Morgan fingerprint density at radius 2 is 2.04 bits per heavy atom. The number of nitrogens with zero attached hydrogens (tertiary/aromatic N) is 2. The molecule has 4 nitrogen and oxygen atoms in total. The van der Waals surface area contributed by atoms with Crippen molar-refractivity contribution in [3.8, 4) is 5.97 Å². The molecule has 0 saturated carbocycles. The van der Waals surface area contributed by atoms with Gasteiger partial charge in [-0.1, -0.05) is 36.4 Å². The second kappa shape index (κ2) is 7.02. The van der Waals surface area contributed by atoms with Gasteiger partial charge in [0, 0.05) is 18.2 Å². The van der Waals surface area contributed by atoms with Crippen molar-refractivity contribution < 1.29 is 9.53 Å². The third kappa shape index (κ3) is 3.54. The Kier molecular flexibility index (Phi) is 4.63. The number of benzene rings is 2. The number of carbonyl (C=O) groups is 1. The average Bonchev–Trinajstić information content (AvgIpc) is 3.09. The first-order valence-electron chi connectivity index (χ1n) is 7.75. The van der Waals surface area contributed by atoms with E-state index in [1.807, 2.05) is 53.3 Å². The molecule has 2 aromatic rings. The molecular formula is C18H17BN2O2. The molecule has 1 aliphatic heterocycles. The summed E-state index contributed by atoms with van der Waals surface area (Å²) >= 11 is 0. The van der Waals surface area contributed by atoms with E-state index in [1.165, 1.54) is 0 Å². The second-order valence-electron chi connectivity index (χ2n) is 5.59. The van der Waals surface area contributed by atoms with Crippen LogP contribution >= 0.6 is 0 Å². The number of esters is 1. The SMILES string of the molecule is N#CB1CCCN1c1cccc(C(=O)OCc2ccccc2)c1. The average molecular weight is 304 g/mol. The van der Waals surface area contributed by atoms with Crippen LogP contribution in [0.2, 0.25) is 6.32 Å². The van der Waals surface area contributed by atoms with Gasteiger partial charge in [0.05, 0.1) is 5.56 Å². The molecule has 0 radical (unpaired) electrons. The van der Waals surface area contributed by atoms with E-state index < -0.39 is 0 Å². The van der Waals surface area contributed by atoms with Gasteiger partial charge in [-0.2, -0.15) is 0 Å². The molecule has 0 aliphatic carbocycles. The Morgan fingerprint density at radius 1 is 1.22 bits per heavy atom. The summed E-state index contributed by atoms with van der Waals surface area (Å²) in [6, 6.07) is 16.9. The number of nitriles is 1. The van der Waals surface area contributed by atoms with Crippen LogP contribution in [0.4, 0.5) is 5.69 Å². The standard InChI is InChI=1S/C18H17BN2O2/c20-14-19-10-5-11-21(19)17-9-4-8-16(12-17)18(22)23-13-15-6-2-1-3-7-15/h1-4,6-9,12H,5,10-11,13H2. The Balaban J connectivity index is 1.69. The highest BCUT2D eigenvalue weighted by Crippen LogP contribution is 2.24. The minimum atomic E-state index is -0.344. The molecule has 23 heavy (non-hydrogen) atoms. The number of carbonyl (C=O) groups excluding carboxylic acids is 1. The van der Waals surface area contributed by atoms with Crippen LogP contribution in [0, 0.1) is 11.2 Å². The van der Waals surface area contributed by atoms with Crippen molar-refractivity contribution in [3.05, 3.63) is 65.7 Å². The van der Waals surface area contributed by atoms with Crippen molar-refractivity contribution in [2.75, 3.05) is 11.4 Å². The van der Waals surface area contributed by atoms with Crippen LogP contribution in [-0.2, 0) is 11.3 Å². The summed E-state index contributed by atoms with van der Waals surface area (Å²) in [6.07, 6.45) is 1.88. The van der Waals surface area contributed by atoms with Crippen LogP contribution in [-0.4, -0.2) is 19.4 Å². The maximum absolute atomic E-state index is 12.2. The van der Waals surface area contributed by atoms with E-state index in [0.29, 0.717) is 5.56 Å². The lowest BCUT2D eigenvalue weighted by molar-refractivity contribution is 0.0473. The summed E-state index contributed by atoms with van der Waals surface area (Å²) in [5, 5.41) is 9.20. The Labute approximate surface area is 136 Å². The Morgan fingerprint density at radius 3 is 2.83 bits per heavy atom. The maximum atomic E-state index is 12.2. The lowest BCUT2D eigenvalue weighted by atomic mass is 9.61. The lowest BCUT2D eigenvalue weighted by Gasteiger charge is -2.20. The predicted molar refractivity (Wildman–Crippen MR) is 90.1 cm³/mol. The van der Waals surface area contributed by atoms with Crippen molar-refractivity contribution in [1.82, 2.24) is 0 Å². The first-order chi connectivity index (χ1) is 11.3. The molecule has 0 unspecified atom stereocenters. The van der Waals surface area contributed by atoms with E-state index in [9.17, 15) is 10.1 Å². The van der Waals surface area contributed by atoms with Gasteiger partial charge >= 0.3 is 12.8 Å². The molecule has 0 aromatic heterocycles. The third-order valence-corrected chi connectivity index (χ3v) is 4.03. The monoisotopic (exact) mass is 304 g/mol. The van der Waals surface area contributed by atoms with Crippen molar-refractivity contribution in [1.29, 1.82) is 5.26 Å². The topological polar surface area (TPSA) is 53.3 Å². The van der Waals surface area contributed by atoms with Crippen molar-refractivity contribution in [2.24, 2.45) is 0 Å². The molecule has 3 rings (SSSR count). The summed E-state index contributed by atoms with van der Waals surface area (Å²) in [6.45, 7) is 1.00. The maximum Gasteiger partial charge on any atom is 0.378 e. The van der Waals surface area contributed by atoms with Gasteiger partial charge in [-0.15, -0.1) is 0 Å². The van der Waals surface area contributed by atoms with Gasteiger partial charge in [-0.25, -0.2) is 10.1 Å². The lowest BCUT2D eigenvalue weighted by Crippen LogP contribution is -2.32. The smallest absolute Gasteiger partial charge is 0.378 e. The van der Waals surface area contributed by atoms with Gasteiger partial charge in [0.2, 0.25) is 0 Å². The van der Waals surface area contributed by atoms with Gasteiger partial charge in [0.15, 0.2) is 0 Å². The molecular weight excluding hydrogens is 287 g/mol. The molecule has 114 valence electrons. The normalized spacial score (nSPS) is 13.7. The van der Waals surface area contributed by atoms with E-state index in [4.69, 9.17) is 4.74 Å². The summed E-state index contributed by atoms with van der Waals surface area (Å²) < 4.78 is 5.36. The van der Waals surface area contributed by atoms with Crippen molar-refractivity contribution in [2.45, 2.75) is 19.3 Å². The van der Waals surface area contributed by atoms with E-state index >= 15 is 0 Å². The van der Waals surface area contributed by atoms with Crippen LogP contribution in [0.5, 0.6) is 0 Å². The van der Waals surface area contributed by atoms with Crippen LogP contribution in [0.15, 0.2) is 54.6 Å². The zero-order valence-corrected chi connectivity index (χ0v) is 12.8. The molecule has 1 saturated heterocycles. The zero-order valence-electron chi connectivity index (χ0n) is 12.8.